The number of carbonyl (C=O) groups is 1. The molecule has 0 aliphatic carbocycles. The van der Waals surface area contributed by atoms with Crippen LogP contribution < -0.4 is 5.32 Å². The summed E-state index contributed by atoms with van der Waals surface area (Å²) in [5.41, 5.74) is 3.13. The number of pyridine rings is 1. The summed E-state index contributed by atoms with van der Waals surface area (Å²) in [6.07, 6.45) is 4.75. The number of fused-ring (bicyclic) bond motifs is 1. The Hall–Kier alpha value is -2.14. The molecular formula is C15H15N3OS. The third-order valence-electron chi connectivity index (χ3n) is 3.08. The molecule has 102 valence electrons. The lowest BCUT2D eigenvalue weighted by atomic mass is 10.3. The Morgan fingerprint density at radius 2 is 2.35 bits per heavy atom. The van der Waals surface area contributed by atoms with E-state index in [2.05, 4.69) is 23.3 Å². The summed E-state index contributed by atoms with van der Waals surface area (Å²) in [6.45, 7) is 2.65. The lowest BCUT2D eigenvalue weighted by Gasteiger charge is -2.01. The zero-order valence-electron chi connectivity index (χ0n) is 11.2. The fourth-order valence-electron chi connectivity index (χ4n) is 2.06. The van der Waals surface area contributed by atoms with Gasteiger partial charge >= 0.3 is 0 Å². The van der Waals surface area contributed by atoms with Crippen LogP contribution in [0.4, 0.5) is 0 Å². The molecule has 20 heavy (non-hydrogen) atoms. The van der Waals surface area contributed by atoms with Crippen molar-refractivity contribution in [2.45, 2.75) is 13.3 Å². The molecule has 4 nitrogen and oxygen atoms in total. The fourth-order valence-corrected chi connectivity index (χ4v) is 2.70. The Balaban J connectivity index is 1.61. The smallest absolute Gasteiger partial charge is 0.261 e. The van der Waals surface area contributed by atoms with Gasteiger partial charge in [-0.1, -0.05) is 6.07 Å². The van der Waals surface area contributed by atoms with Gasteiger partial charge < -0.3 is 9.72 Å². The molecule has 5 heteroatoms. The van der Waals surface area contributed by atoms with E-state index >= 15 is 0 Å². The highest BCUT2D eigenvalue weighted by Gasteiger charge is 2.06. The summed E-state index contributed by atoms with van der Waals surface area (Å²) < 4.78 is 2.00. The molecular weight excluding hydrogens is 270 g/mol. The van der Waals surface area contributed by atoms with Gasteiger partial charge in [-0.05, 0) is 36.1 Å². The third-order valence-corrected chi connectivity index (χ3v) is 3.95. The van der Waals surface area contributed by atoms with Crippen LogP contribution in [-0.2, 0) is 6.42 Å². The third kappa shape index (κ3) is 2.72. The number of aromatic nitrogens is 2. The molecule has 3 aromatic heterocycles. The second-order valence-corrected chi connectivity index (χ2v) is 5.63. The van der Waals surface area contributed by atoms with Crippen LogP contribution >= 0.6 is 11.3 Å². The monoisotopic (exact) mass is 285 g/mol. The summed E-state index contributed by atoms with van der Waals surface area (Å²) >= 11 is 1.45. The molecule has 3 rings (SSSR count). The molecule has 0 aromatic carbocycles. The van der Waals surface area contributed by atoms with Crippen LogP contribution in [0.15, 0.2) is 42.0 Å². The molecule has 0 aliphatic rings. The average Bonchev–Trinajstić information content (AvgIpc) is 3.06. The largest absolute Gasteiger partial charge is 0.351 e. The van der Waals surface area contributed by atoms with Gasteiger partial charge in [0.1, 0.15) is 5.65 Å². The Morgan fingerprint density at radius 3 is 3.15 bits per heavy atom. The molecule has 0 unspecified atom stereocenters. The van der Waals surface area contributed by atoms with Crippen LogP contribution in [0.1, 0.15) is 20.9 Å². The number of imidazole rings is 1. The summed E-state index contributed by atoms with van der Waals surface area (Å²) in [5, 5.41) is 4.81. The van der Waals surface area contributed by atoms with Gasteiger partial charge in [-0.3, -0.25) is 4.79 Å². The van der Waals surface area contributed by atoms with Crippen molar-refractivity contribution in [3.8, 4) is 0 Å². The number of nitrogens with zero attached hydrogens (tertiary/aromatic N) is 2. The van der Waals surface area contributed by atoms with Gasteiger partial charge in [-0.15, -0.1) is 11.3 Å². The highest BCUT2D eigenvalue weighted by atomic mass is 32.1. The molecule has 0 spiro atoms. The lowest BCUT2D eigenvalue weighted by Crippen LogP contribution is -2.24. The maximum absolute atomic E-state index is 11.8. The Bertz CT molecular complexity index is 731. The van der Waals surface area contributed by atoms with Gasteiger partial charge in [0.2, 0.25) is 0 Å². The first-order valence-corrected chi connectivity index (χ1v) is 7.36. The number of nitrogens with one attached hydrogen (secondary N) is 1. The standard InChI is InChI=1S/C15H15N3OS/c1-11-5-7-18-10-12(17-14(18)9-11)4-6-16-15(19)13-3-2-8-20-13/h2-3,5,7-10H,4,6H2,1H3,(H,16,19). The van der Waals surface area contributed by atoms with E-state index in [1.807, 2.05) is 40.4 Å². The van der Waals surface area contributed by atoms with Gasteiger partial charge in [-0.2, -0.15) is 0 Å². The molecule has 0 aliphatic heterocycles. The first-order chi connectivity index (χ1) is 9.72. The number of aryl methyl sites for hydroxylation is 1. The lowest BCUT2D eigenvalue weighted by molar-refractivity contribution is 0.0958. The first-order valence-electron chi connectivity index (χ1n) is 6.48. The van der Waals surface area contributed by atoms with E-state index in [9.17, 15) is 4.79 Å². The van der Waals surface area contributed by atoms with Crippen molar-refractivity contribution in [1.29, 1.82) is 0 Å². The SMILES string of the molecule is Cc1ccn2cc(CCNC(=O)c3cccs3)nc2c1. The minimum atomic E-state index is -0.0143. The van der Waals surface area contributed by atoms with E-state index in [0.29, 0.717) is 6.54 Å². The highest BCUT2D eigenvalue weighted by Crippen LogP contribution is 2.09. The number of amides is 1. The van der Waals surface area contributed by atoms with Gasteiger partial charge in [0.05, 0.1) is 10.6 Å². The second-order valence-electron chi connectivity index (χ2n) is 4.69. The minimum absolute atomic E-state index is 0.0143. The maximum Gasteiger partial charge on any atom is 0.261 e. The van der Waals surface area contributed by atoms with Gasteiger partial charge in [0, 0.05) is 25.4 Å². The molecule has 0 saturated carbocycles. The maximum atomic E-state index is 11.8. The van der Waals surface area contributed by atoms with Crippen molar-refractivity contribution in [1.82, 2.24) is 14.7 Å². The van der Waals surface area contributed by atoms with E-state index in [-0.39, 0.29) is 5.91 Å². The summed E-state index contributed by atoms with van der Waals surface area (Å²) in [7, 11) is 0. The second kappa shape index (κ2) is 5.46. The predicted octanol–water partition coefficient (Wildman–Crippen LogP) is 2.68. The van der Waals surface area contributed by atoms with Crippen molar-refractivity contribution < 1.29 is 4.79 Å². The van der Waals surface area contributed by atoms with Crippen LogP contribution in [0.3, 0.4) is 0 Å². The molecule has 1 N–H and O–H groups in total. The molecule has 0 fully saturated rings. The van der Waals surface area contributed by atoms with E-state index in [4.69, 9.17) is 0 Å². The molecule has 0 atom stereocenters. The van der Waals surface area contributed by atoms with E-state index < -0.39 is 0 Å². The van der Waals surface area contributed by atoms with E-state index in [1.165, 1.54) is 16.9 Å². The number of rotatable bonds is 4. The predicted molar refractivity (Wildman–Crippen MR) is 80.3 cm³/mol. The first kappa shape index (κ1) is 12.9. The molecule has 0 saturated heterocycles. The van der Waals surface area contributed by atoms with Crippen LogP contribution in [0.5, 0.6) is 0 Å². The summed E-state index contributed by atoms with van der Waals surface area (Å²) in [4.78, 5) is 17.1. The van der Waals surface area contributed by atoms with Crippen molar-refractivity contribution in [2.24, 2.45) is 0 Å². The van der Waals surface area contributed by atoms with Crippen LogP contribution in [0.2, 0.25) is 0 Å². The zero-order chi connectivity index (χ0) is 13.9. The Kier molecular flexibility index (Phi) is 3.52. The van der Waals surface area contributed by atoms with E-state index in [0.717, 1.165) is 22.6 Å². The molecule has 3 aromatic rings. The van der Waals surface area contributed by atoms with E-state index in [1.54, 1.807) is 0 Å². The van der Waals surface area contributed by atoms with Crippen LogP contribution in [0, 0.1) is 6.92 Å². The number of carbonyl (C=O) groups excluding carboxylic acids is 1. The molecule has 1 amide bonds. The quantitative estimate of drug-likeness (QED) is 0.801. The molecule has 0 bridgehead atoms. The van der Waals surface area contributed by atoms with Crippen molar-refractivity contribution in [3.63, 3.8) is 0 Å². The number of thiophene rings is 1. The topological polar surface area (TPSA) is 46.4 Å². The average molecular weight is 285 g/mol. The fraction of sp³-hybridized carbons (Fsp3) is 0.200. The van der Waals surface area contributed by atoms with Crippen molar-refractivity contribution >= 4 is 22.9 Å². The van der Waals surface area contributed by atoms with Crippen molar-refractivity contribution in [2.75, 3.05) is 6.54 Å². The van der Waals surface area contributed by atoms with Gasteiger partial charge in [0.25, 0.3) is 5.91 Å². The minimum Gasteiger partial charge on any atom is -0.351 e. The van der Waals surface area contributed by atoms with Crippen LogP contribution in [-0.4, -0.2) is 21.8 Å². The Labute approximate surface area is 121 Å². The molecule has 3 heterocycles. The summed E-state index contributed by atoms with van der Waals surface area (Å²) in [6, 6.07) is 7.81. The van der Waals surface area contributed by atoms with Crippen LogP contribution in [0.25, 0.3) is 5.65 Å². The number of hydrogen-bond donors (Lipinski definition) is 1. The summed E-state index contributed by atoms with van der Waals surface area (Å²) in [5.74, 6) is -0.0143. The Morgan fingerprint density at radius 1 is 1.45 bits per heavy atom. The molecule has 0 radical (unpaired) electrons. The van der Waals surface area contributed by atoms with Crippen molar-refractivity contribution in [3.05, 3.63) is 58.2 Å². The highest BCUT2D eigenvalue weighted by molar-refractivity contribution is 7.12. The number of hydrogen-bond acceptors (Lipinski definition) is 3. The van der Waals surface area contributed by atoms with Gasteiger partial charge in [0.15, 0.2) is 0 Å². The zero-order valence-corrected chi connectivity index (χ0v) is 12.0. The van der Waals surface area contributed by atoms with Gasteiger partial charge in [-0.25, -0.2) is 4.98 Å². The normalized spacial score (nSPS) is 10.8.